The van der Waals surface area contributed by atoms with Crippen molar-refractivity contribution in [1.82, 2.24) is 20.0 Å². The maximum Gasteiger partial charge on any atom is 0.187 e. The third kappa shape index (κ3) is 3.65. The zero-order chi connectivity index (χ0) is 20.5. The van der Waals surface area contributed by atoms with E-state index in [-0.39, 0.29) is 5.92 Å². The molecule has 7 heteroatoms. The Morgan fingerprint density at radius 3 is 2.97 bits per heavy atom. The van der Waals surface area contributed by atoms with Gasteiger partial charge in [0.1, 0.15) is 6.61 Å². The zero-order valence-electron chi connectivity index (χ0n) is 17.2. The van der Waals surface area contributed by atoms with Gasteiger partial charge in [-0.3, -0.25) is 9.78 Å². The number of hydrogen-bond acceptors (Lipinski definition) is 5. The number of nitrogens with two attached hydrogens (primary N) is 1. The first-order valence-electron chi connectivity index (χ1n) is 9.80. The molecule has 1 atom stereocenters. The van der Waals surface area contributed by atoms with Gasteiger partial charge in [-0.05, 0) is 36.6 Å². The molecule has 1 aliphatic rings. The molecule has 1 unspecified atom stereocenters. The summed E-state index contributed by atoms with van der Waals surface area (Å²) in [6.07, 6.45) is 2.60. The molecule has 1 aromatic carbocycles. The maximum atomic E-state index is 6.24. The van der Waals surface area contributed by atoms with Crippen molar-refractivity contribution in [2.45, 2.75) is 32.8 Å². The minimum Gasteiger partial charge on any atom is -0.477 e. The van der Waals surface area contributed by atoms with Crippen LogP contribution >= 0.6 is 0 Å². The molecule has 0 spiro atoms. The molecular formula is C22H27N5O2. The number of benzene rings is 1. The van der Waals surface area contributed by atoms with E-state index < -0.39 is 0 Å². The van der Waals surface area contributed by atoms with Crippen molar-refractivity contribution in [3.8, 4) is 11.1 Å². The van der Waals surface area contributed by atoms with Gasteiger partial charge < -0.3 is 15.2 Å². The highest BCUT2D eigenvalue weighted by Gasteiger charge is 2.19. The van der Waals surface area contributed by atoms with Gasteiger partial charge in [-0.15, -0.1) is 0 Å². The SMILES string of the molecule is C=C(C)/C1=C(\N)OCCOCc2c(cnn2C)-c2ccc3n[nH]c(c3c2)C(C)C1. The summed E-state index contributed by atoms with van der Waals surface area (Å²) in [4.78, 5) is 0. The van der Waals surface area contributed by atoms with E-state index in [0.29, 0.717) is 32.1 Å². The number of aryl methyl sites for hydroxylation is 1. The van der Waals surface area contributed by atoms with Crippen LogP contribution in [-0.4, -0.2) is 33.2 Å². The van der Waals surface area contributed by atoms with Crippen molar-refractivity contribution in [1.29, 1.82) is 0 Å². The summed E-state index contributed by atoms with van der Waals surface area (Å²) in [6.45, 7) is 9.46. The van der Waals surface area contributed by atoms with Gasteiger partial charge in [0, 0.05) is 35.2 Å². The molecule has 0 saturated carbocycles. The molecule has 0 fully saturated rings. The molecule has 2 bridgehead atoms. The number of ether oxygens (including phenoxy) is 2. The molecule has 0 radical (unpaired) electrons. The number of rotatable bonds is 1. The normalized spacial score (nSPS) is 20.7. The molecule has 2 aromatic heterocycles. The Bertz CT molecular complexity index is 1090. The van der Waals surface area contributed by atoms with Crippen LogP contribution < -0.4 is 5.73 Å². The van der Waals surface area contributed by atoms with Crippen LogP contribution in [0.15, 0.2) is 48.0 Å². The van der Waals surface area contributed by atoms with E-state index in [1.807, 2.05) is 30.9 Å². The lowest BCUT2D eigenvalue weighted by Crippen LogP contribution is -2.14. The number of nitrogens with zero attached hydrogens (tertiary/aromatic N) is 3. The molecule has 0 aliphatic carbocycles. The summed E-state index contributed by atoms with van der Waals surface area (Å²) in [5.41, 5.74) is 13.3. The number of H-pyrrole nitrogens is 1. The van der Waals surface area contributed by atoms with Crippen LogP contribution in [-0.2, 0) is 23.1 Å². The van der Waals surface area contributed by atoms with E-state index in [2.05, 4.69) is 40.9 Å². The molecule has 0 saturated heterocycles. The smallest absolute Gasteiger partial charge is 0.187 e. The summed E-state index contributed by atoms with van der Waals surface area (Å²) >= 11 is 0. The second-order valence-corrected chi connectivity index (χ2v) is 7.63. The summed E-state index contributed by atoms with van der Waals surface area (Å²) in [5, 5.41) is 13.2. The van der Waals surface area contributed by atoms with Crippen molar-refractivity contribution in [2.75, 3.05) is 13.2 Å². The Hall–Kier alpha value is -3.06. The van der Waals surface area contributed by atoms with Crippen LogP contribution in [0.25, 0.3) is 22.0 Å². The van der Waals surface area contributed by atoms with Crippen LogP contribution in [0.5, 0.6) is 0 Å². The van der Waals surface area contributed by atoms with Crippen LogP contribution in [0.1, 0.15) is 37.6 Å². The van der Waals surface area contributed by atoms with E-state index in [0.717, 1.165) is 44.6 Å². The quantitative estimate of drug-likeness (QED) is 0.657. The molecule has 3 N–H and O–H groups in total. The first-order chi connectivity index (χ1) is 14.0. The predicted octanol–water partition coefficient (Wildman–Crippen LogP) is 3.75. The van der Waals surface area contributed by atoms with Crippen LogP contribution in [0.2, 0.25) is 0 Å². The first-order valence-corrected chi connectivity index (χ1v) is 9.80. The minimum atomic E-state index is 0.166. The highest BCUT2D eigenvalue weighted by molar-refractivity contribution is 5.87. The topological polar surface area (TPSA) is 91.0 Å². The average molecular weight is 393 g/mol. The Labute approximate surface area is 170 Å². The fourth-order valence-electron chi connectivity index (χ4n) is 3.81. The maximum absolute atomic E-state index is 6.24. The van der Waals surface area contributed by atoms with Gasteiger partial charge in [-0.2, -0.15) is 10.2 Å². The number of allylic oxidation sites excluding steroid dienone is 2. The number of aromatic amines is 1. The van der Waals surface area contributed by atoms with Crippen LogP contribution in [0.4, 0.5) is 0 Å². The van der Waals surface area contributed by atoms with Gasteiger partial charge in [0.25, 0.3) is 0 Å². The fraction of sp³-hybridized carbons (Fsp3) is 0.364. The highest BCUT2D eigenvalue weighted by atomic mass is 16.5. The lowest BCUT2D eigenvalue weighted by molar-refractivity contribution is 0.0621. The van der Waals surface area contributed by atoms with Gasteiger partial charge in [-0.25, -0.2) is 0 Å². The third-order valence-corrected chi connectivity index (χ3v) is 5.50. The standard InChI is InChI=1S/C22H27N5O2/c1-13(2)16-9-14(3)21-17-10-15(5-6-19(17)25-26-21)18-11-24-27(4)20(18)12-28-7-8-29-22(16)23/h5-6,10-11,14H,1,7-9,12,23H2,2-4H3,(H,25,26)/b22-16+. The van der Waals surface area contributed by atoms with Crippen molar-refractivity contribution in [2.24, 2.45) is 12.8 Å². The summed E-state index contributed by atoms with van der Waals surface area (Å²) < 4.78 is 13.5. The van der Waals surface area contributed by atoms with Crippen LogP contribution in [0, 0.1) is 0 Å². The number of aromatic nitrogens is 4. The largest absolute Gasteiger partial charge is 0.477 e. The molecule has 0 amide bonds. The first kappa shape index (κ1) is 19.3. The van der Waals surface area contributed by atoms with Crippen LogP contribution in [0.3, 0.4) is 0 Å². The number of nitrogens with one attached hydrogen (secondary N) is 1. The number of fused-ring (bicyclic) bond motifs is 3. The average Bonchev–Trinajstić information content (AvgIpc) is 3.27. The lowest BCUT2D eigenvalue weighted by atomic mass is 9.92. The monoisotopic (exact) mass is 393 g/mol. The molecule has 3 aromatic rings. The summed E-state index contributed by atoms with van der Waals surface area (Å²) in [7, 11) is 1.93. The second kappa shape index (κ2) is 7.75. The summed E-state index contributed by atoms with van der Waals surface area (Å²) in [6, 6.07) is 6.30. The Morgan fingerprint density at radius 2 is 2.17 bits per heavy atom. The lowest BCUT2D eigenvalue weighted by Gasteiger charge is -2.17. The van der Waals surface area contributed by atoms with Gasteiger partial charge in [0.05, 0.1) is 30.6 Å². The fourth-order valence-corrected chi connectivity index (χ4v) is 3.81. The van der Waals surface area contributed by atoms with E-state index in [4.69, 9.17) is 15.2 Å². The van der Waals surface area contributed by atoms with E-state index >= 15 is 0 Å². The molecule has 29 heavy (non-hydrogen) atoms. The predicted molar refractivity (Wildman–Crippen MR) is 113 cm³/mol. The molecule has 3 heterocycles. The summed E-state index contributed by atoms with van der Waals surface area (Å²) in [5.74, 6) is 0.576. The van der Waals surface area contributed by atoms with E-state index in [1.165, 1.54) is 0 Å². The molecule has 4 rings (SSSR count). The van der Waals surface area contributed by atoms with Gasteiger partial charge in [-0.1, -0.05) is 19.6 Å². The highest BCUT2D eigenvalue weighted by Crippen LogP contribution is 2.34. The molecular weight excluding hydrogens is 366 g/mol. The minimum absolute atomic E-state index is 0.166. The second-order valence-electron chi connectivity index (χ2n) is 7.63. The third-order valence-electron chi connectivity index (χ3n) is 5.50. The van der Waals surface area contributed by atoms with E-state index in [1.54, 1.807) is 0 Å². The van der Waals surface area contributed by atoms with Gasteiger partial charge >= 0.3 is 0 Å². The number of hydrogen-bond donors (Lipinski definition) is 2. The Morgan fingerprint density at radius 1 is 1.34 bits per heavy atom. The van der Waals surface area contributed by atoms with Crippen molar-refractivity contribution in [3.05, 3.63) is 59.4 Å². The Balaban J connectivity index is 1.84. The zero-order valence-corrected chi connectivity index (χ0v) is 17.2. The van der Waals surface area contributed by atoms with Gasteiger partial charge in [0.2, 0.25) is 0 Å². The molecule has 7 nitrogen and oxygen atoms in total. The van der Waals surface area contributed by atoms with Crippen molar-refractivity contribution in [3.63, 3.8) is 0 Å². The van der Waals surface area contributed by atoms with Crippen molar-refractivity contribution >= 4 is 10.9 Å². The molecule has 1 aliphatic heterocycles. The molecule has 152 valence electrons. The van der Waals surface area contributed by atoms with E-state index in [9.17, 15) is 0 Å². The Kier molecular flexibility index (Phi) is 5.15. The van der Waals surface area contributed by atoms with Gasteiger partial charge in [0.15, 0.2) is 5.88 Å². The van der Waals surface area contributed by atoms with Crippen molar-refractivity contribution < 1.29 is 9.47 Å².